The van der Waals surface area contributed by atoms with E-state index in [-0.39, 0.29) is 17.9 Å². The molecular formula is C24H31N3O2S. The number of nitrogens with zero attached hydrogens (tertiary/aromatic N) is 2. The highest BCUT2D eigenvalue weighted by Crippen LogP contribution is 2.43. The highest BCUT2D eigenvalue weighted by atomic mass is 32.1. The Morgan fingerprint density at radius 3 is 2.67 bits per heavy atom. The number of hydrogen-bond acceptors (Lipinski definition) is 4. The van der Waals surface area contributed by atoms with Crippen molar-refractivity contribution in [1.29, 1.82) is 0 Å². The average molecular weight is 426 g/mol. The van der Waals surface area contributed by atoms with Gasteiger partial charge in [0.2, 0.25) is 5.91 Å². The van der Waals surface area contributed by atoms with E-state index in [1.165, 1.54) is 25.9 Å². The predicted octanol–water partition coefficient (Wildman–Crippen LogP) is 3.90. The van der Waals surface area contributed by atoms with Crippen LogP contribution >= 0.6 is 11.3 Å². The molecule has 1 N–H and O–H groups in total. The van der Waals surface area contributed by atoms with Crippen molar-refractivity contribution in [1.82, 2.24) is 15.1 Å². The molecule has 30 heavy (non-hydrogen) atoms. The fourth-order valence-corrected chi connectivity index (χ4v) is 5.59. The zero-order chi connectivity index (χ0) is 21.1. The number of likely N-dealkylation sites (tertiary alicyclic amines) is 1. The number of carbonyl (C=O) groups excluding carboxylic acids is 2. The van der Waals surface area contributed by atoms with Crippen LogP contribution in [0.2, 0.25) is 0 Å². The summed E-state index contributed by atoms with van der Waals surface area (Å²) in [4.78, 5) is 31.6. The maximum atomic E-state index is 13.4. The molecule has 6 heteroatoms. The average Bonchev–Trinajstić information content (AvgIpc) is 3.29. The van der Waals surface area contributed by atoms with Crippen LogP contribution in [-0.2, 0) is 4.79 Å². The molecule has 0 spiro atoms. The Labute approximate surface area is 183 Å². The minimum absolute atomic E-state index is 0.00691. The molecule has 2 aromatic rings. The van der Waals surface area contributed by atoms with Gasteiger partial charge in [0.15, 0.2) is 0 Å². The van der Waals surface area contributed by atoms with Crippen LogP contribution in [0, 0.1) is 5.92 Å². The lowest BCUT2D eigenvalue weighted by atomic mass is 9.81. The quantitative estimate of drug-likeness (QED) is 0.714. The summed E-state index contributed by atoms with van der Waals surface area (Å²) in [5.74, 6) is 0.430. The second-order valence-corrected chi connectivity index (χ2v) is 9.59. The van der Waals surface area contributed by atoms with Crippen LogP contribution in [0.4, 0.5) is 0 Å². The summed E-state index contributed by atoms with van der Waals surface area (Å²) in [7, 11) is 1.81. The SMILES string of the molecule is CC1CCN(CCCNC(=O)C2c3ccccc3C(=O)N(C)C2c2cccs2)CC1. The topological polar surface area (TPSA) is 52.7 Å². The minimum atomic E-state index is -0.390. The molecule has 2 atom stereocenters. The van der Waals surface area contributed by atoms with Crippen LogP contribution in [0.25, 0.3) is 0 Å². The Hall–Kier alpha value is -2.18. The first-order chi connectivity index (χ1) is 14.6. The first-order valence-corrected chi connectivity index (χ1v) is 11.8. The van der Waals surface area contributed by atoms with E-state index >= 15 is 0 Å². The largest absolute Gasteiger partial charge is 0.355 e. The highest BCUT2D eigenvalue weighted by molar-refractivity contribution is 7.10. The van der Waals surface area contributed by atoms with Crippen molar-refractivity contribution >= 4 is 23.2 Å². The van der Waals surface area contributed by atoms with E-state index < -0.39 is 5.92 Å². The van der Waals surface area contributed by atoms with Gasteiger partial charge in [-0.05, 0) is 67.9 Å². The third kappa shape index (κ3) is 4.30. The van der Waals surface area contributed by atoms with Crippen molar-refractivity contribution in [3.8, 4) is 0 Å². The molecule has 2 amide bonds. The van der Waals surface area contributed by atoms with Gasteiger partial charge in [0.25, 0.3) is 5.91 Å². The second-order valence-electron chi connectivity index (χ2n) is 8.61. The number of nitrogens with one attached hydrogen (secondary N) is 1. The number of fused-ring (bicyclic) bond motifs is 1. The van der Waals surface area contributed by atoms with Gasteiger partial charge in [-0.2, -0.15) is 0 Å². The van der Waals surface area contributed by atoms with Crippen molar-refractivity contribution in [3.05, 3.63) is 57.8 Å². The molecule has 2 aliphatic rings. The van der Waals surface area contributed by atoms with Crippen LogP contribution in [0.3, 0.4) is 0 Å². The Bertz CT molecular complexity index is 874. The van der Waals surface area contributed by atoms with Gasteiger partial charge in [-0.1, -0.05) is 31.2 Å². The monoisotopic (exact) mass is 425 g/mol. The summed E-state index contributed by atoms with van der Waals surface area (Å²) in [5.41, 5.74) is 1.47. The van der Waals surface area contributed by atoms with Crippen molar-refractivity contribution in [2.24, 2.45) is 5.92 Å². The maximum absolute atomic E-state index is 13.4. The number of carbonyl (C=O) groups is 2. The van der Waals surface area contributed by atoms with Gasteiger partial charge >= 0.3 is 0 Å². The van der Waals surface area contributed by atoms with Crippen molar-refractivity contribution in [3.63, 3.8) is 0 Å². The molecule has 5 nitrogen and oxygen atoms in total. The summed E-state index contributed by atoms with van der Waals surface area (Å²) >= 11 is 1.60. The summed E-state index contributed by atoms with van der Waals surface area (Å²) in [6.45, 7) is 6.35. The number of hydrogen-bond donors (Lipinski definition) is 1. The van der Waals surface area contributed by atoms with Gasteiger partial charge in [0, 0.05) is 24.0 Å². The highest BCUT2D eigenvalue weighted by Gasteiger charge is 2.42. The number of thiophene rings is 1. The second kappa shape index (κ2) is 9.31. The smallest absolute Gasteiger partial charge is 0.254 e. The van der Waals surface area contributed by atoms with Crippen LogP contribution in [0.1, 0.15) is 58.9 Å². The van der Waals surface area contributed by atoms with Crippen LogP contribution in [0.15, 0.2) is 41.8 Å². The molecule has 160 valence electrons. The minimum Gasteiger partial charge on any atom is -0.355 e. The molecule has 1 fully saturated rings. The molecule has 1 saturated heterocycles. The predicted molar refractivity (Wildman–Crippen MR) is 121 cm³/mol. The Morgan fingerprint density at radius 2 is 1.93 bits per heavy atom. The molecule has 1 aromatic heterocycles. The Morgan fingerprint density at radius 1 is 1.17 bits per heavy atom. The van der Waals surface area contributed by atoms with E-state index in [0.29, 0.717) is 12.1 Å². The van der Waals surface area contributed by atoms with Crippen molar-refractivity contribution in [2.45, 2.75) is 38.1 Å². The lowest BCUT2D eigenvalue weighted by Gasteiger charge is -2.39. The molecule has 1 aromatic carbocycles. The molecule has 2 unspecified atom stereocenters. The lowest BCUT2D eigenvalue weighted by Crippen LogP contribution is -2.45. The molecular weight excluding hydrogens is 394 g/mol. The molecule has 0 radical (unpaired) electrons. The first kappa shape index (κ1) is 21.1. The van der Waals surface area contributed by atoms with Gasteiger partial charge in [-0.25, -0.2) is 0 Å². The molecule has 0 aliphatic carbocycles. The molecule has 4 rings (SSSR count). The van der Waals surface area contributed by atoms with Gasteiger partial charge in [0.1, 0.15) is 0 Å². The Balaban J connectivity index is 1.46. The summed E-state index contributed by atoms with van der Waals surface area (Å²) < 4.78 is 0. The molecule has 3 heterocycles. The summed E-state index contributed by atoms with van der Waals surface area (Å²) in [6, 6.07) is 11.3. The molecule has 2 aliphatic heterocycles. The number of benzene rings is 1. The van der Waals surface area contributed by atoms with Gasteiger partial charge < -0.3 is 15.1 Å². The lowest BCUT2D eigenvalue weighted by molar-refractivity contribution is -0.124. The van der Waals surface area contributed by atoms with Crippen LogP contribution < -0.4 is 5.32 Å². The number of likely N-dealkylation sites (N-methyl/N-ethyl adjacent to an activating group) is 1. The third-order valence-electron chi connectivity index (χ3n) is 6.52. The fourth-order valence-electron chi connectivity index (χ4n) is 4.68. The van der Waals surface area contributed by atoms with E-state index in [2.05, 4.69) is 17.1 Å². The normalized spacial score (nSPS) is 22.7. The van der Waals surface area contributed by atoms with Crippen molar-refractivity contribution < 1.29 is 9.59 Å². The van der Waals surface area contributed by atoms with Gasteiger partial charge in [0.05, 0.1) is 12.0 Å². The molecule has 0 saturated carbocycles. The summed E-state index contributed by atoms with van der Waals surface area (Å²) in [6.07, 6.45) is 3.50. The van der Waals surface area contributed by atoms with Crippen LogP contribution in [-0.4, -0.2) is 54.8 Å². The van der Waals surface area contributed by atoms with Gasteiger partial charge in [-0.15, -0.1) is 11.3 Å². The fraction of sp³-hybridized carbons (Fsp3) is 0.500. The zero-order valence-corrected chi connectivity index (χ0v) is 18.7. The zero-order valence-electron chi connectivity index (χ0n) is 17.8. The number of piperidine rings is 1. The van der Waals surface area contributed by atoms with E-state index in [0.717, 1.165) is 29.3 Å². The van der Waals surface area contributed by atoms with Gasteiger partial charge in [-0.3, -0.25) is 9.59 Å². The number of amides is 2. The first-order valence-electron chi connectivity index (χ1n) is 11.0. The van der Waals surface area contributed by atoms with E-state index in [1.54, 1.807) is 23.3 Å². The van der Waals surface area contributed by atoms with E-state index in [9.17, 15) is 9.59 Å². The Kier molecular flexibility index (Phi) is 6.54. The maximum Gasteiger partial charge on any atom is 0.254 e. The van der Waals surface area contributed by atoms with E-state index in [4.69, 9.17) is 0 Å². The summed E-state index contributed by atoms with van der Waals surface area (Å²) in [5, 5.41) is 5.17. The van der Waals surface area contributed by atoms with Crippen molar-refractivity contribution in [2.75, 3.05) is 33.2 Å². The molecule has 0 bridgehead atoms. The number of rotatable bonds is 6. The third-order valence-corrected chi connectivity index (χ3v) is 7.47. The van der Waals surface area contributed by atoms with Crippen LogP contribution in [0.5, 0.6) is 0 Å². The standard InChI is InChI=1S/C24H31N3O2S/c1-17-10-14-27(15-11-17)13-6-12-25-23(28)21-18-7-3-4-8-19(18)24(29)26(2)22(21)20-9-5-16-30-20/h3-5,7-9,16-17,21-22H,6,10-15H2,1-2H3,(H,25,28). The van der Waals surface area contributed by atoms with E-state index in [1.807, 2.05) is 41.8 Å².